The lowest BCUT2D eigenvalue weighted by molar-refractivity contribution is -0.140. The van der Waals surface area contributed by atoms with E-state index in [0.29, 0.717) is 15.8 Å². The summed E-state index contributed by atoms with van der Waals surface area (Å²) in [5.74, 6) is -0.152. The van der Waals surface area contributed by atoms with E-state index in [1.807, 2.05) is 0 Å². The molecule has 8 nitrogen and oxygen atoms in total. The number of aromatic nitrogens is 2. The van der Waals surface area contributed by atoms with Crippen molar-refractivity contribution in [3.05, 3.63) is 39.7 Å². The Morgan fingerprint density at radius 2 is 1.78 bits per heavy atom. The van der Waals surface area contributed by atoms with E-state index in [-0.39, 0.29) is 53.3 Å². The predicted molar refractivity (Wildman–Crippen MR) is 110 cm³/mol. The number of sulfonamides is 1. The zero-order valence-electron chi connectivity index (χ0n) is 17.4. The molecule has 1 amide bonds. The number of nitrogens with zero attached hydrogens (tertiary/aromatic N) is 4. The fraction of sp³-hybridized carbons (Fsp3) is 0.421. The fourth-order valence-corrected chi connectivity index (χ4v) is 6.57. The summed E-state index contributed by atoms with van der Waals surface area (Å²) >= 11 is 0.909. The van der Waals surface area contributed by atoms with Crippen LogP contribution in [-0.4, -0.2) is 59.8 Å². The van der Waals surface area contributed by atoms with Crippen LogP contribution in [0.5, 0.6) is 0 Å². The molecule has 0 unspecified atom stereocenters. The largest absolute Gasteiger partial charge is 0.433 e. The van der Waals surface area contributed by atoms with Gasteiger partial charge in [0.1, 0.15) is 21.1 Å². The molecule has 4 heterocycles. The molecule has 0 radical (unpaired) electrons. The van der Waals surface area contributed by atoms with Crippen LogP contribution in [0.2, 0.25) is 0 Å². The maximum absolute atomic E-state index is 13.1. The van der Waals surface area contributed by atoms with Crippen molar-refractivity contribution in [3.63, 3.8) is 0 Å². The monoisotopic (exact) mass is 488 g/mol. The second kappa shape index (κ2) is 7.81. The number of rotatable bonds is 3. The molecular formula is C19H19F3N4O4S2. The van der Waals surface area contributed by atoms with Crippen LogP contribution in [0, 0.1) is 20.8 Å². The van der Waals surface area contributed by atoms with Crippen molar-refractivity contribution in [1.29, 1.82) is 0 Å². The Balaban J connectivity index is 1.54. The van der Waals surface area contributed by atoms with Gasteiger partial charge < -0.3 is 9.42 Å². The topological polar surface area (TPSA) is 96.6 Å². The van der Waals surface area contributed by atoms with E-state index in [1.54, 1.807) is 13.8 Å². The van der Waals surface area contributed by atoms with Gasteiger partial charge in [-0.05, 0) is 38.5 Å². The van der Waals surface area contributed by atoms with E-state index < -0.39 is 21.9 Å². The highest BCUT2D eigenvalue weighted by molar-refractivity contribution is 7.89. The first-order valence-corrected chi connectivity index (χ1v) is 11.9. The lowest BCUT2D eigenvalue weighted by Gasteiger charge is -2.33. The first-order chi connectivity index (χ1) is 14.9. The fourth-order valence-electron chi connectivity index (χ4n) is 3.71. The number of alkyl halides is 3. The molecule has 0 bridgehead atoms. The second-order valence-corrected chi connectivity index (χ2v) is 10.3. The minimum Gasteiger partial charge on any atom is -0.360 e. The second-order valence-electron chi connectivity index (χ2n) is 7.45. The van der Waals surface area contributed by atoms with Crippen LogP contribution in [0.15, 0.2) is 21.6 Å². The highest BCUT2D eigenvalue weighted by Crippen LogP contribution is 2.35. The van der Waals surface area contributed by atoms with Crippen molar-refractivity contribution in [2.45, 2.75) is 31.8 Å². The van der Waals surface area contributed by atoms with Gasteiger partial charge >= 0.3 is 6.18 Å². The molecule has 32 heavy (non-hydrogen) atoms. The minimum absolute atomic E-state index is 0.0316. The Morgan fingerprint density at radius 3 is 2.34 bits per heavy atom. The van der Waals surface area contributed by atoms with Crippen LogP contribution in [0.3, 0.4) is 0 Å². The van der Waals surface area contributed by atoms with E-state index >= 15 is 0 Å². The van der Waals surface area contributed by atoms with Crippen LogP contribution in [-0.2, 0) is 16.2 Å². The maximum atomic E-state index is 13.1. The third kappa shape index (κ3) is 3.77. The molecular weight excluding hydrogens is 469 g/mol. The average Bonchev–Trinajstić information content (AvgIpc) is 3.25. The van der Waals surface area contributed by atoms with Crippen LogP contribution < -0.4 is 0 Å². The number of carbonyl (C=O) groups excluding carboxylic acids is 1. The van der Waals surface area contributed by atoms with Gasteiger partial charge in [-0.2, -0.15) is 17.5 Å². The van der Waals surface area contributed by atoms with Gasteiger partial charge in [-0.3, -0.25) is 4.79 Å². The van der Waals surface area contributed by atoms with Crippen molar-refractivity contribution in [3.8, 4) is 0 Å². The van der Waals surface area contributed by atoms with E-state index in [1.165, 1.54) is 22.2 Å². The van der Waals surface area contributed by atoms with Gasteiger partial charge in [0.05, 0.1) is 4.88 Å². The molecule has 4 rings (SSSR count). The molecule has 0 saturated carbocycles. The molecule has 1 aliphatic heterocycles. The van der Waals surface area contributed by atoms with Crippen molar-refractivity contribution in [2.75, 3.05) is 26.2 Å². The Hall–Kier alpha value is -2.51. The summed E-state index contributed by atoms with van der Waals surface area (Å²) in [4.78, 5) is 18.7. The summed E-state index contributed by atoms with van der Waals surface area (Å²) in [5.41, 5.74) is -0.182. The summed E-state index contributed by atoms with van der Waals surface area (Å²) in [7, 11) is -3.82. The van der Waals surface area contributed by atoms with Crippen LogP contribution in [0.1, 0.15) is 32.4 Å². The van der Waals surface area contributed by atoms with Gasteiger partial charge in [0.15, 0.2) is 5.76 Å². The lowest BCUT2D eigenvalue weighted by atomic mass is 10.1. The number of aryl methyl sites for hydroxylation is 3. The number of thiophene rings is 1. The van der Waals surface area contributed by atoms with Gasteiger partial charge in [-0.25, -0.2) is 13.4 Å². The van der Waals surface area contributed by atoms with E-state index in [9.17, 15) is 26.4 Å². The Morgan fingerprint density at radius 1 is 1.12 bits per heavy atom. The quantitative estimate of drug-likeness (QED) is 0.561. The van der Waals surface area contributed by atoms with Crippen LogP contribution >= 0.6 is 11.3 Å². The molecule has 3 aromatic heterocycles. The van der Waals surface area contributed by atoms with Crippen molar-refractivity contribution in [1.82, 2.24) is 19.3 Å². The SMILES string of the molecule is Cc1noc(C)c1S(=O)(=O)N1CCN(C(=O)c2sc3nc(C(F)(F)F)ccc3c2C)CC1. The van der Waals surface area contributed by atoms with Gasteiger partial charge in [-0.1, -0.05) is 5.16 Å². The highest BCUT2D eigenvalue weighted by Gasteiger charge is 2.36. The van der Waals surface area contributed by atoms with E-state index in [0.717, 1.165) is 17.4 Å². The molecule has 3 aromatic rings. The zero-order chi connectivity index (χ0) is 23.4. The molecule has 0 atom stereocenters. The number of hydrogen-bond donors (Lipinski definition) is 0. The van der Waals surface area contributed by atoms with Crippen molar-refractivity contribution < 1.29 is 30.9 Å². The molecule has 0 N–H and O–H groups in total. The summed E-state index contributed by atoms with van der Waals surface area (Å²) in [6.07, 6.45) is -4.57. The van der Waals surface area contributed by atoms with Crippen LogP contribution in [0.25, 0.3) is 10.2 Å². The number of fused-ring (bicyclic) bond motifs is 1. The number of halogens is 3. The lowest BCUT2D eigenvalue weighted by Crippen LogP contribution is -2.50. The number of piperazine rings is 1. The predicted octanol–water partition coefficient (Wildman–Crippen LogP) is 3.38. The Bertz CT molecular complexity index is 1290. The summed E-state index contributed by atoms with van der Waals surface area (Å²) in [6, 6.07) is 2.22. The zero-order valence-corrected chi connectivity index (χ0v) is 19.0. The average molecular weight is 489 g/mol. The summed E-state index contributed by atoms with van der Waals surface area (Å²) in [5, 5.41) is 4.18. The molecule has 1 aliphatic rings. The third-order valence-corrected chi connectivity index (χ3v) is 8.71. The summed E-state index contributed by atoms with van der Waals surface area (Å²) in [6.45, 7) is 5.20. The minimum atomic E-state index is -4.57. The molecule has 13 heteroatoms. The first-order valence-electron chi connectivity index (χ1n) is 9.61. The van der Waals surface area contributed by atoms with Crippen molar-refractivity contribution >= 4 is 37.5 Å². The van der Waals surface area contributed by atoms with E-state index in [2.05, 4.69) is 10.1 Å². The number of pyridine rings is 1. The Labute approximate surface area is 185 Å². The molecule has 172 valence electrons. The standard InChI is InChI=1S/C19H19F3N4O4S2/c1-10-13-4-5-14(19(20,21)22)23-17(13)31-15(10)18(27)25-6-8-26(9-7-25)32(28,29)16-11(2)24-30-12(16)3/h4-5H,6-9H2,1-3H3. The molecule has 1 saturated heterocycles. The van der Waals surface area contributed by atoms with Crippen molar-refractivity contribution in [2.24, 2.45) is 0 Å². The number of hydrogen-bond acceptors (Lipinski definition) is 7. The number of carbonyl (C=O) groups is 1. The molecule has 1 fully saturated rings. The highest BCUT2D eigenvalue weighted by atomic mass is 32.2. The number of amides is 1. The third-order valence-electron chi connectivity index (χ3n) is 5.38. The normalized spacial score (nSPS) is 16.1. The molecule has 0 aromatic carbocycles. The molecule has 0 spiro atoms. The van der Waals surface area contributed by atoms with Gasteiger partial charge in [0.25, 0.3) is 5.91 Å². The summed E-state index contributed by atoms with van der Waals surface area (Å²) < 4.78 is 71.0. The Kier molecular flexibility index (Phi) is 5.54. The smallest absolute Gasteiger partial charge is 0.360 e. The molecule has 0 aliphatic carbocycles. The maximum Gasteiger partial charge on any atom is 0.433 e. The van der Waals surface area contributed by atoms with Gasteiger partial charge in [-0.15, -0.1) is 11.3 Å². The van der Waals surface area contributed by atoms with Crippen LogP contribution in [0.4, 0.5) is 13.2 Å². The van der Waals surface area contributed by atoms with Gasteiger partial charge in [0.2, 0.25) is 10.0 Å². The van der Waals surface area contributed by atoms with E-state index in [4.69, 9.17) is 4.52 Å². The first kappa shape index (κ1) is 22.7. The van der Waals surface area contributed by atoms with Gasteiger partial charge in [0, 0.05) is 31.6 Å².